The van der Waals surface area contributed by atoms with Crippen LogP contribution in [0.4, 0.5) is 5.69 Å². The molecule has 2 N–H and O–H groups in total. The Morgan fingerprint density at radius 3 is 2.57 bits per heavy atom. The van der Waals surface area contributed by atoms with Crippen LogP contribution in [0.15, 0.2) is 64.5 Å². The second-order valence-electron chi connectivity index (χ2n) is 5.96. The van der Waals surface area contributed by atoms with E-state index in [0.29, 0.717) is 23.6 Å². The third-order valence-electron chi connectivity index (χ3n) is 3.78. The highest BCUT2D eigenvalue weighted by molar-refractivity contribution is 9.10. The van der Waals surface area contributed by atoms with E-state index in [9.17, 15) is 13.2 Å². The molecular formula is C20H23BrN2O4S. The van der Waals surface area contributed by atoms with Gasteiger partial charge in [0.15, 0.2) is 0 Å². The van der Waals surface area contributed by atoms with E-state index in [-0.39, 0.29) is 17.3 Å². The average Bonchev–Trinajstić information content (AvgIpc) is 2.68. The molecule has 0 aliphatic carbocycles. The van der Waals surface area contributed by atoms with Crippen molar-refractivity contribution >= 4 is 37.5 Å². The Labute approximate surface area is 174 Å². The molecule has 28 heavy (non-hydrogen) atoms. The quantitative estimate of drug-likeness (QED) is 0.402. The van der Waals surface area contributed by atoms with Crippen molar-refractivity contribution in [3.63, 3.8) is 0 Å². The van der Waals surface area contributed by atoms with Gasteiger partial charge in [-0.1, -0.05) is 35.4 Å². The zero-order valence-corrected chi connectivity index (χ0v) is 18.0. The van der Waals surface area contributed by atoms with Gasteiger partial charge in [0.2, 0.25) is 10.0 Å². The van der Waals surface area contributed by atoms with E-state index in [4.69, 9.17) is 4.74 Å². The number of rotatable bonds is 10. The summed E-state index contributed by atoms with van der Waals surface area (Å²) in [6.07, 6.45) is 3.35. The van der Waals surface area contributed by atoms with Crippen LogP contribution < -0.4 is 14.8 Å². The number of amides is 1. The van der Waals surface area contributed by atoms with Crippen LogP contribution in [0.5, 0.6) is 5.75 Å². The minimum atomic E-state index is -3.61. The SMILES string of the molecule is C=CCNS(=O)(=O)c1ccc(NC(=O)c2cc(Br)ccc2OCCCC)cc1. The van der Waals surface area contributed by atoms with E-state index in [1.165, 1.54) is 30.3 Å². The van der Waals surface area contributed by atoms with Gasteiger partial charge in [-0.15, -0.1) is 6.58 Å². The first-order valence-corrected chi connectivity index (χ1v) is 11.1. The fourth-order valence-electron chi connectivity index (χ4n) is 2.30. The topological polar surface area (TPSA) is 84.5 Å². The molecule has 2 rings (SSSR count). The molecule has 0 fully saturated rings. The maximum Gasteiger partial charge on any atom is 0.259 e. The molecule has 2 aromatic carbocycles. The lowest BCUT2D eigenvalue weighted by Gasteiger charge is -2.12. The highest BCUT2D eigenvalue weighted by Crippen LogP contribution is 2.25. The van der Waals surface area contributed by atoms with Crippen LogP contribution in [0.3, 0.4) is 0 Å². The number of nitrogens with one attached hydrogen (secondary N) is 2. The second-order valence-corrected chi connectivity index (χ2v) is 8.64. The van der Waals surface area contributed by atoms with Gasteiger partial charge in [-0.2, -0.15) is 0 Å². The molecule has 0 saturated heterocycles. The van der Waals surface area contributed by atoms with Gasteiger partial charge in [0, 0.05) is 16.7 Å². The van der Waals surface area contributed by atoms with E-state index in [1.807, 2.05) is 6.07 Å². The Hall–Kier alpha value is -2.16. The lowest BCUT2D eigenvalue weighted by Crippen LogP contribution is -2.23. The molecule has 6 nitrogen and oxygen atoms in total. The molecular weight excluding hydrogens is 444 g/mol. The van der Waals surface area contributed by atoms with Crippen molar-refractivity contribution in [2.75, 3.05) is 18.5 Å². The van der Waals surface area contributed by atoms with Crippen molar-refractivity contribution in [3.8, 4) is 5.75 Å². The van der Waals surface area contributed by atoms with Gasteiger partial charge in [0.25, 0.3) is 5.91 Å². The van der Waals surface area contributed by atoms with Crippen molar-refractivity contribution in [1.29, 1.82) is 0 Å². The maximum atomic E-state index is 12.7. The van der Waals surface area contributed by atoms with E-state index >= 15 is 0 Å². The van der Waals surface area contributed by atoms with E-state index in [0.717, 1.165) is 17.3 Å². The Morgan fingerprint density at radius 1 is 1.21 bits per heavy atom. The molecule has 0 unspecified atom stereocenters. The van der Waals surface area contributed by atoms with Crippen molar-refractivity contribution in [3.05, 3.63) is 65.2 Å². The molecule has 0 aliphatic rings. The number of hydrogen-bond acceptors (Lipinski definition) is 4. The van der Waals surface area contributed by atoms with Crippen molar-refractivity contribution in [2.45, 2.75) is 24.7 Å². The highest BCUT2D eigenvalue weighted by Gasteiger charge is 2.16. The third-order valence-corrected chi connectivity index (χ3v) is 5.71. The first kappa shape index (κ1) is 22.1. The molecule has 0 radical (unpaired) electrons. The second kappa shape index (κ2) is 10.4. The Balaban J connectivity index is 2.14. The van der Waals surface area contributed by atoms with Crippen LogP contribution in [0.2, 0.25) is 0 Å². The van der Waals surface area contributed by atoms with Crippen molar-refractivity contribution in [2.24, 2.45) is 0 Å². The number of hydrogen-bond donors (Lipinski definition) is 2. The highest BCUT2D eigenvalue weighted by atomic mass is 79.9. The lowest BCUT2D eigenvalue weighted by molar-refractivity contribution is 0.102. The summed E-state index contributed by atoms with van der Waals surface area (Å²) in [5.74, 6) is 0.162. The Morgan fingerprint density at radius 2 is 1.93 bits per heavy atom. The zero-order valence-electron chi connectivity index (χ0n) is 15.6. The lowest BCUT2D eigenvalue weighted by atomic mass is 10.2. The summed E-state index contributed by atoms with van der Waals surface area (Å²) in [6.45, 7) is 6.22. The standard InChI is InChI=1S/C20H23BrN2O4S/c1-3-5-13-27-19-11-6-15(21)14-18(19)20(24)23-16-7-9-17(10-8-16)28(25,26)22-12-4-2/h4,6-11,14,22H,2-3,5,12-13H2,1H3,(H,23,24). The van der Waals surface area contributed by atoms with E-state index in [2.05, 4.69) is 39.5 Å². The summed E-state index contributed by atoms with van der Waals surface area (Å²) in [5, 5.41) is 2.77. The molecule has 0 aliphatic heterocycles. The van der Waals surface area contributed by atoms with Gasteiger partial charge in [0.1, 0.15) is 5.75 Å². The molecule has 0 atom stereocenters. The van der Waals surface area contributed by atoms with Crippen LogP contribution in [-0.2, 0) is 10.0 Å². The van der Waals surface area contributed by atoms with Crippen LogP contribution in [0.25, 0.3) is 0 Å². The summed E-state index contributed by atoms with van der Waals surface area (Å²) >= 11 is 3.37. The van der Waals surface area contributed by atoms with E-state index < -0.39 is 10.0 Å². The number of anilines is 1. The van der Waals surface area contributed by atoms with Gasteiger partial charge in [-0.3, -0.25) is 4.79 Å². The van der Waals surface area contributed by atoms with Gasteiger partial charge < -0.3 is 10.1 Å². The molecule has 0 saturated carbocycles. The number of sulfonamides is 1. The van der Waals surface area contributed by atoms with Gasteiger partial charge >= 0.3 is 0 Å². The molecule has 8 heteroatoms. The number of benzene rings is 2. The summed E-state index contributed by atoms with van der Waals surface area (Å²) in [4.78, 5) is 12.8. The minimum absolute atomic E-state index is 0.110. The van der Waals surface area contributed by atoms with Crippen LogP contribution >= 0.6 is 15.9 Å². The summed E-state index contributed by atoms with van der Waals surface area (Å²) in [5.41, 5.74) is 0.877. The molecule has 1 amide bonds. The Kier molecular flexibility index (Phi) is 8.22. The third kappa shape index (κ3) is 6.19. The summed E-state index contributed by atoms with van der Waals surface area (Å²) < 4.78 is 33.0. The van der Waals surface area contributed by atoms with Crippen LogP contribution in [0.1, 0.15) is 30.1 Å². The smallest absolute Gasteiger partial charge is 0.259 e. The summed E-state index contributed by atoms with van der Waals surface area (Å²) in [6, 6.07) is 11.2. The fraction of sp³-hybridized carbons (Fsp3) is 0.250. The number of carbonyl (C=O) groups excluding carboxylic acids is 1. The predicted molar refractivity (Wildman–Crippen MR) is 114 cm³/mol. The predicted octanol–water partition coefficient (Wildman–Crippen LogP) is 4.34. The number of ether oxygens (including phenoxy) is 1. The van der Waals surface area contributed by atoms with Crippen molar-refractivity contribution < 1.29 is 17.9 Å². The zero-order chi connectivity index (χ0) is 20.6. The summed E-state index contributed by atoms with van der Waals surface area (Å²) in [7, 11) is -3.61. The van der Waals surface area contributed by atoms with Gasteiger partial charge in [-0.25, -0.2) is 13.1 Å². The maximum absolute atomic E-state index is 12.7. The van der Waals surface area contributed by atoms with Gasteiger partial charge in [-0.05, 0) is 48.9 Å². The number of unbranched alkanes of at least 4 members (excludes halogenated alkanes) is 1. The van der Waals surface area contributed by atoms with Gasteiger partial charge in [0.05, 0.1) is 17.1 Å². The molecule has 150 valence electrons. The molecule has 0 bridgehead atoms. The molecule has 0 heterocycles. The number of carbonyl (C=O) groups is 1. The first-order chi connectivity index (χ1) is 13.4. The van der Waals surface area contributed by atoms with E-state index in [1.54, 1.807) is 12.1 Å². The number of halogens is 1. The van der Waals surface area contributed by atoms with Crippen LogP contribution in [0, 0.1) is 0 Å². The monoisotopic (exact) mass is 466 g/mol. The average molecular weight is 467 g/mol. The van der Waals surface area contributed by atoms with Crippen LogP contribution in [-0.4, -0.2) is 27.5 Å². The normalized spacial score (nSPS) is 11.1. The molecule has 0 aromatic heterocycles. The largest absolute Gasteiger partial charge is 0.493 e. The molecule has 2 aromatic rings. The van der Waals surface area contributed by atoms with Crippen molar-refractivity contribution in [1.82, 2.24) is 4.72 Å². The fourth-order valence-corrected chi connectivity index (χ4v) is 3.66. The Bertz CT molecular complexity index is 928. The first-order valence-electron chi connectivity index (χ1n) is 8.81. The minimum Gasteiger partial charge on any atom is -0.493 e. The molecule has 0 spiro atoms.